The van der Waals surface area contributed by atoms with E-state index in [1.165, 1.54) is 0 Å². The van der Waals surface area contributed by atoms with Crippen LogP contribution < -0.4 is 29.4 Å². The third kappa shape index (κ3) is 5040. The van der Waals surface area contributed by atoms with Gasteiger partial charge in [-0.1, -0.05) is 0 Å². The van der Waals surface area contributed by atoms with E-state index in [2.05, 4.69) is 0 Å². The molecule has 0 saturated heterocycles. The third-order valence-electron chi connectivity index (χ3n) is 0. The average molecular weight is 474 g/mol. The van der Waals surface area contributed by atoms with Crippen molar-refractivity contribution in [3.8, 4) is 0 Å². The van der Waals surface area contributed by atoms with Crippen LogP contribution in [0.2, 0.25) is 0 Å². The Morgan fingerprint density at radius 1 is 0.368 bits per heavy atom. The summed E-state index contributed by atoms with van der Waals surface area (Å²) in [6, 6.07) is 0. The van der Waals surface area contributed by atoms with E-state index in [1.54, 1.807) is 0 Å². The van der Waals surface area contributed by atoms with Gasteiger partial charge in [-0.25, -0.2) is 0 Å². The van der Waals surface area contributed by atoms with Crippen molar-refractivity contribution in [1.29, 1.82) is 0 Å². The molecule has 0 spiro atoms. The van der Waals surface area contributed by atoms with E-state index in [0.717, 1.165) is 0 Å². The van der Waals surface area contributed by atoms with Crippen LogP contribution in [-0.4, -0.2) is 0 Å². The van der Waals surface area contributed by atoms with Gasteiger partial charge < -0.3 is 29.4 Å². The minimum atomic E-state index is -1.08. The van der Waals surface area contributed by atoms with E-state index < -0.39 is 52.1 Å². The molecule has 0 atom stereocenters. The molecule has 0 amide bonds. The molecule has 0 aromatic heterocycles. The summed E-state index contributed by atoms with van der Waals surface area (Å²) in [6.07, 6.45) is 0. The van der Waals surface area contributed by atoms with Crippen molar-refractivity contribution in [2.45, 2.75) is 0 Å². The summed E-state index contributed by atoms with van der Waals surface area (Å²) in [6.45, 7) is 0. The largest absolute Gasteiger partial charge is 0.772 e. The van der Waals surface area contributed by atoms with Crippen molar-refractivity contribution in [2.75, 3.05) is 0 Å². The van der Waals surface area contributed by atoms with E-state index in [-0.39, 0.29) is 21.1 Å². The van der Waals surface area contributed by atoms with Gasteiger partial charge in [-0.15, -0.1) is 0 Å². The van der Waals surface area contributed by atoms with Gasteiger partial charge in [0.15, 0.2) is 0 Å². The first-order valence-electron chi connectivity index (χ1n) is 2.19. The Morgan fingerprint density at radius 2 is 0.368 bits per heavy atom. The predicted octanol–water partition coefficient (Wildman–Crippen LogP) is -2.68. The maximum Gasteiger partial charge on any atom is 0.0642 e. The summed E-state index contributed by atoms with van der Waals surface area (Å²) >= 11 is 0. The van der Waals surface area contributed by atoms with Crippen molar-refractivity contribution in [1.82, 2.24) is 0 Å². The number of hydrogen-bond acceptors (Lipinski definition) is 12. The molecule has 0 bridgehead atoms. The van der Waals surface area contributed by atoms with Crippen molar-refractivity contribution >= 4 is 52.1 Å². The molecule has 0 aromatic carbocycles. The monoisotopic (exact) mass is 476 g/mol. The van der Waals surface area contributed by atoms with Crippen LogP contribution in [0, 0.1) is 0 Å². The molecule has 0 aliphatic carbocycles. The minimum absolute atomic E-state index is 0. The first-order chi connectivity index (χ1) is 8.49. The Bertz CT molecular complexity index is 114. The Morgan fingerprint density at radius 3 is 0.368 bits per heavy atom. The maximum absolute atomic E-state index is 8.35. The second-order valence-electron chi connectivity index (χ2n) is 0.447. The summed E-state index contributed by atoms with van der Waals surface area (Å²) < 4.78 is 50.1. The van der Waals surface area contributed by atoms with Crippen LogP contribution in [0.5, 0.6) is 0 Å². The Labute approximate surface area is 130 Å². The molecule has 0 rings (SSSR count). The van der Waals surface area contributed by atoms with E-state index in [1.807, 2.05) is 0 Å². The van der Waals surface area contributed by atoms with Crippen LogP contribution in [0.1, 0.15) is 0 Å². The molecule has 0 aliphatic rings. The summed E-state index contributed by atoms with van der Waals surface area (Å²) in [5, 5.41) is 0. The second-order valence-corrected chi connectivity index (χ2v) is 1.34. The zero-order valence-corrected chi connectivity index (χ0v) is 15.4. The van der Waals surface area contributed by atoms with Crippen molar-refractivity contribution in [3.63, 3.8) is 0 Å². The number of hydrogen-bond donors (Lipinski definition) is 0. The number of rotatable bonds is 0. The van der Waals surface area contributed by atoms with E-state index in [9.17, 15) is 0 Å². The predicted molar refractivity (Wildman–Crippen MR) is 45.6 cm³/mol. The molecule has 0 aromatic rings. The Balaban J connectivity index is -0.0000000180. The van der Waals surface area contributed by atoms with E-state index >= 15 is 0 Å². The van der Waals surface area contributed by atoms with Gasteiger partial charge in [0.1, 0.15) is 0 Å². The van der Waals surface area contributed by atoms with Gasteiger partial charge in [0, 0.05) is 21.1 Å². The molecule has 0 radical (unpaired) electrons. The van der Waals surface area contributed by atoms with Gasteiger partial charge >= 0.3 is 0 Å². The van der Waals surface area contributed by atoms with Crippen LogP contribution in [0.3, 0.4) is 0 Å². The van der Waals surface area contributed by atoms with E-state index in [4.69, 9.17) is 56.8 Å². The van der Waals surface area contributed by atoms with Gasteiger partial charge in [0.25, 0.3) is 0 Å². The fourth-order valence-corrected chi connectivity index (χ4v) is 0. The zero-order chi connectivity index (χ0) is 16.2. The van der Waals surface area contributed by atoms with Crippen LogP contribution in [0.4, 0.5) is 0 Å². The smallest absolute Gasteiger partial charge is 0.0642 e. The van der Waals surface area contributed by atoms with Gasteiger partial charge in [-0.2, -0.15) is 0 Å². The standard InChI is InChI=1S/Mo.6HO2P/c;6*1-3-2/h;6*(H,1,2)/p-6. The Kier molecular flexibility index (Phi) is 281. The van der Waals surface area contributed by atoms with Crippen molar-refractivity contribution < 1.29 is 77.8 Å². The normalized spacial score (nSPS) is 6.63. The van der Waals surface area contributed by atoms with Crippen LogP contribution >= 0.6 is 52.1 Å². The summed E-state index contributed by atoms with van der Waals surface area (Å²) in [4.78, 5) is 50.1. The molecule has 0 aliphatic heterocycles. The molecule has 0 heterocycles. The molecule has 0 unspecified atom stereocenters. The first-order valence-corrected chi connectivity index (χ1v) is 6.57. The molecule has 19 heteroatoms. The molecule has 0 fully saturated rings. The zero-order valence-electron chi connectivity index (χ0n) is 7.99. The van der Waals surface area contributed by atoms with Gasteiger partial charge in [0.05, 0.1) is 52.1 Å². The third-order valence-corrected chi connectivity index (χ3v) is 0. The average Bonchev–Trinajstić information content (AvgIpc) is 2.23. The van der Waals surface area contributed by atoms with Gasteiger partial charge in [-0.05, 0) is 0 Å². The topological polar surface area (TPSA) is 241 Å². The fourth-order valence-electron chi connectivity index (χ4n) is 0. The van der Waals surface area contributed by atoms with E-state index in [0.29, 0.717) is 0 Å². The summed E-state index contributed by atoms with van der Waals surface area (Å²) in [5.41, 5.74) is 0. The van der Waals surface area contributed by atoms with Gasteiger partial charge in [0.2, 0.25) is 0 Å². The second kappa shape index (κ2) is 125. The minimum Gasteiger partial charge on any atom is -0.772 e. The van der Waals surface area contributed by atoms with Crippen molar-refractivity contribution in [2.24, 2.45) is 0 Å². The fraction of sp³-hybridized carbons (Fsp3) is 0. The Hall–Kier alpha value is 1.05. The van der Waals surface area contributed by atoms with Crippen LogP contribution in [0.15, 0.2) is 0 Å². The quantitative estimate of drug-likeness (QED) is 0.258. The molecule has 0 N–H and O–H groups in total. The van der Waals surface area contributed by atoms with Gasteiger partial charge in [-0.3, -0.25) is 27.4 Å². The molecular formula is MoO12P6-6. The molecule has 0 saturated carbocycles. The first kappa shape index (κ1) is 42.7. The molecule has 12 nitrogen and oxygen atoms in total. The summed E-state index contributed by atoms with van der Waals surface area (Å²) in [7, 11) is -6.50. The molecular weight excluding hydrogens is 474 g/mol. The maximum atomic E-state index is 8.35. The van der Waals surface area contributed by atoms with Crippen LogP contribution in [-0.2, 0) is 48.5 Å². The summed E-state index contributed by atoms with van der Waals surface area (Å²) in [5.74, 6) is 0. The van der Waals surface area contributed by atoms with Crippen LogP contribution in [0.25, 0.3) is 0 Å². The molecule has 19 heavy (non-hydrogen) atoms. The van der Waals surface area contributed by atoms with Crippen molar-refractivity contribution in [3.05, 3.63) is 0 Å². The molecule has 114 valence electrons. The SMILES string of the molecule is O=P[O-].O=P[O-].O=P[O-].O=P[O-].O=P[O-].O=P[O-].[Mo].